The Hall–Kier alpha value is -1.60. The normalized spacial score (nSPS) is 35.1. The Balaban J connectivity index is 1.72. The molecule has 1 aromatic rings. The topological polar surface area (TPSA) is 65.0 Å². The summed E-state index contributed by atoms with van der Waals surface area (Å²) in [5.74, 6) is -0.838. The predicted molar refractivity (Wildman–Crippen MR) is 89.7 cm³/mol. The van der Waals surface area contributed by atoms with E-state index in [1.165, 1.54) is 13.2 Å². The van der Waals surface area contributed by atoms with Gasteiger partial charge in [-0.2, -0.15) is 0 Å². The summed E-state index contributed by atoms with van der Waals surface area (Å²) in [6.45, 7) is 6.58. The van der Waals surface area contributed by atoms with E-state index in [4.69, 9.17) is 14.0 Å². The molecule has 1 N–H and O–H groups in total. The molecular weight excluding hydrogens is 326 g/mol. The van der Waals surface area contributed by atoms with Gasteiger partial charge in [-0.25, -0.2) is 9.18 Å². The molecule has 4 fully saturated rings. The number of halogens is 1. The van der Waals surface area contributed by atoms with Gasteiger partial charge in [0.05, 0.1) is 18.8 Å². The maximum atomic E-state index is 14.0. The van der Waals surface area contributed by atoms with Crippen molar-refractivity contribution in [2.24, 2.45) is 17.3 Å². The van der Waals surface area contributed by atoms with Crippen LogP contribution in [0.25, 0.3) is 0 Å². The van der Waals surface area contributed by atoms with E-state index in [1.54, 1.807) is 0 Å². The van der Waals surface area contributed by atoms with Gasteiger partial charge < -0.3 is 19.2 Å². The van der Waals surface area contributed by atoms with Crippen LogP contribution in [0, 0.1) is 23.1 Å². The smallest absolute Gasteiger partial charge is 0.496 e. The minimum absolute atomic E-state index is 0.0736. The van der Waals surface area contributed by atoms with Crippen molar-refractivity contribution in [2.75, 3.05) is 7.11 Å². The van der Waals surface area contributed by atoms with Crippen molar-refractivity contribution in [3.05, 3.63) is 23.5 Å². The highest BCUT2D eigenvalue weighted by Crippen LogP contribution is 2.65. The molecule has 4 atom stereocenters. The van der Waals surface area contributed by atoms with Crippen LogP contribution in [-0.2, 0) is 9.31 Å². The van der Waals surface area contributed by atoms with Gasteiger partial charge in [-0.05, 0) is 49.1 Å². The fourth-order valence-electron chi connectivity index (χ4n) is 5.18. The quantitative estimate of drug-likeness (QED) is 0.851. The van der Waals surface area contributed by atoms with Crippen molar-refractivity contribution in [1.82, 2.24) is 0 Å². The molecular formula is C18H22BFO5. The van der Waals surface area contributed by atoms with Gasteiger partial charge in [0.15, 0.2) is 0 Å². The molecule has 2 bridgehead atoms. The zero-order chi connectivity index (χ0) is 18.1. The van der Waals surface area contributed by atoms with Gasteiger partial charge in [-0.3, -0.25) is 0 Å². The summed E-state index contributed by atoms with van der Waals surface area (Å²) >= 11 is 0. The number of carboxylic acid groups (broad SMARTS) is 1. The monoisotopic (exact) mass is 348 g/mol. The van der Waals surface area contributed by atoms with Crippen molar-refractivity contribution in [1.29, 1.82) is 0 Å². The Kier molecular flexibility index (Phi) is 3.51. The first-order valence-electron chi connectivity index (χ1n) is 8.62. The number of hydrogen-bond donors (Lipinski definition) is 1. The molecule has 5 rings (SSSR count). The molecule has 0 aromatic heterocycles. The Labute approximate surface area is 146 Å². The van der Waals surface area contributed by atoms with Gasteiger partial charge in [0.2, 0.25) is 0 Å². The van der Waals surface area contributed by atoms with E-state index in [2.05, 4.69) is 20.8 Å². The van der Waals surface area contributed by atoms with Gasteiger partial charge >= 0.3 is 13.1 Å². The van der Waals surface area contributed by atoms with Crippen LogP contribution in [0.3, 0.4) is 0 Å². The van der Waals surface area contributed by atoms with Gasteiger partial charge in [0.1, 0.15) is 17.1 Å². The molecule has 5 nitrogen and oxygen atoms in total. The van der Waals surface area contributed by atoms with Crippen molar-refractivity contribution >= 4 is 18.6 Å². The molecule has 3 saturated carbocycles. The molecule has 4 aliphatic rings. The van der Waals surface area contributed by atoms with Crippen LogP contribution in [-0.4, -0.2) is 37.0 Å². The first-order valence-corrected chi connectivity index (χ1v) is 8.62. The molecule has 1 heterocycles. The van der Waals surface area contributed by atoms with E-state index in [0.29, 0.717) is 17.3 Å². The molecule has 1 aromatic carbocycles. The third kappa shape index (κ3) is 2.18. The molecule has 0 radical (unpaired) electrons. The van der Waals surface area contributed by atoms with Gasteiger partial charge in [0, 0.05) is 5.46 Å². The van der Waals surface area contributed by atoms with Crippen LogP contribution in [0.15, 0.2) is 12.1 Å². The van der Waals surface area contributed by atoms with E-state index < -0.39 is 24.5 Å². The summed E-state index contributed by atoms with van der Waals surface area (Å²) in [5, 5.41) is 9.33. The minimum Gasteiger partial charge on any atom is -0.496 e. The Morgan fingerprint density at radius 1 is 1.36 bits per heavy atom. The summed E-state index contributed by atoms with van der Waals surface area (Å²) in [6.07, 6.45) is 1.94. The number of carboxylic acids is 1. The van der Waals surface area contributed by atoms with Gasteiger partial charge in [-0.1, -0.05) is 13.8 Å². The van der Waals surface area contributed by atoms with Crippen LogP contribution in [0.5, 0.6) is 5.75 Å². The number of benzene rings is 1. The van der Waals surface area contributed by atoms with Crippen molar-refractivity contribution in [3.8, 4) is 5.75 Å². The lowest BCUT2D eigenvalue weighted by Crippen LogP contribution is -2.65. The molecule has 1 saturated heterocycles. The van der Waals surface area contributed by atoms with Gasteiger partial charge in [0.25, 0.3) is 0 Å². The van der Waals surface area contributed by atoms with E-state index in [0.717, 1.165) is 18.9 Å². The highest BCUT2D eigenvalue weighted by molar-refractivity contribution is 6.63. The summed E-state index contributed by atoms with van der Waals surface area (Å²) in [7, 11) is 0.543. The SMILES string of the molecule is COc1c(B2OC3CC4CC(C4(C)C)[C@]3(C)O2)cc(F)cc1C(=O)O. The van der Waals surface area contributed by atoms with Crippen molar-refractivity contribution < 1.29 is 28.3 Å². The fourth-order valence-corrected chi connectivity index (χ4v) is 5.18. The van der Waals surface area contributed by atoms with E-state index in [9.17, 15) is 14.3 Å². The largest absolute Gasteiger partial charge is 0.498 e. The molecule has 3 unspecified atom stereocenters. The van der Waals surface area contributed by atoms with Crippen LogP contribution in [0.4, 0.5) is 4.39 Å². The fraction of sp³-hybridized carbons (Fsp3) is 0.611. The van der Waals surface area contributed by atoms with Gasteiger partial charge in [-0.15, -0.1) is 0 Å². The number of hydrogen-bond acceptors (Lipinski definition) is 4. The third-order valence-corrected chi connectivity index (χ3v) is 6.72. The van der Waals surface area contributed by atoms with Crippen molar-refractivity contribution in [3.63, 3.8) is 0 Å². The lowest BCUT2D eigenvalue weighted by molar-refractivity contribution is -0.199. The van der Waals surface area contributed by atoms with E-state index >= 15 is 0 Å². The molecule has 0 amide bonds. The van der Waals surface area contributed by atoms with E-state index in [-0.39, 0.29) is 22.8 Å². The van der Waals surface area contributed by atoms with Crippen LogP contribution >= 0.6 is 0 Å². The van der Waals surface area contributed by atoms with E-state index in [1.807, 2.05) is 0 Å². The Morgan fingerprint density at radius 2 is 2.08 bits per heavy atom. The summed E-state index contributed by atoms with van der Waals surface area (Å²) in [5.41, 5.74) is -0.189. The average molecular weight is 348 g/mol. The number of carbonyl (C=O) groups is 1. The zero-order valence-electron chi connectivity index (χ0n) is 14.8. The summed E-state index contributed by atoms with van der Waals surface area (Å²) in [4.78, 5) is 11.4. The zero-order valence-corrected chi connectivity index (χ0v) is 14.8. The molecule has 0 spiro atoms. The first-order chi connectivity index (χ1) is 11.7. The summed E-state index contributed by atoms with van der Waals surface area (Å²) in [6, 6.07) is 2.20. The molecule has 1 aliphatic heterocycles. The lowest BCUT2D eigenvalue weighted by Gasteiger charge is -2.64. The highest BCUT2D eigenvalue weighted by Gasteiger charge is 2.68. The van der Waals surface area contributed by atoms with Crippen LogP contribution in [0.1, 0.15) is 44.0 Å². The second kappa shape index (κ2) is 5.21. The maximum Gasteiger partial charge on any atom is 0.498 e. The highest BCUT2D eigenvalue weighted by atomic mass is 19.1. The lowest BCUT2D eigenvalue weighted by atomic mass is 9.43. The number of rotatable bonds is 3. The maximum absolute atomic E-state index is 14.0. The third-order valence-electron chi connectivity index (χ3n) is 6.72. The Morgan fingerprint density at radius 3 is 2.68 bits per heavy atom. The average Bonchev–Trinajstić information content (AvgIpc) is 2.90. The standard InChI is InChI=1S/C18H22BFO5/c1-17(2)9-5-13(17)18(3)14(6-9)24-19(25-18)12-8-10(20)7-11(16(21)22)15(12)23-4/h7-9,13-14H,5-6H2,1-4H3,(H,21,22)/t9?,13?,14?,18-/m0/s1. The predicted octanol–water partition coefficient (Wildman–Crippen LogP) is 2.47. The van der Waals surface area contributed by atoms with Crippen molar-refractivity contribution in [2.45, 2.75) is 45.3 Å². The number of ether oxygens (including phenoxy) is 1. The number of methoxy groups -OCH3 is 1. The molecule has 25 heavy (non-hydrogen) atoms. The van der Waals surface area contributed by atoms with Crippen LogP contribution < -0.4 is 10.2 Å². The second-order valence-corrected chi connectivity index (χ2v) is 8.18. The molecule has 3 aliphatic carbocycles. The summed E-state index contributed by atoms with van der Waals surface area (Å²) < 4.78 is 31.7. The Bertz CT molecular complexity index is 751. The van der Waals surface area contributed by atoms with Crippen LogP contribution in [0.2, 0.25) is 0 Å². The first kappa shape index (κ1) is 16.9. The second-order valence-electron chi connectivity index (χ2n) is 8.18. The molecule has 7 heteroatoms. The number of aromatic carboxylic acids is 1. The molecule has 134 valence electrons. The minimum atomic E-state index is -1.25.